The summed E-state index contributed by atoms with van der Waals surface area (Å²) in [7, 11) is 0. The summed E-state index contributed by atoms with van der Waals surface area (Å²) in [5.41, 5.74) is 4.65. The third kappa shape index (κ3) is 6.55. The first-order valence-corrected chi connectivity index (χ1v) is 11.6. The number of benzene rings is 1. The van der Waals surface area contributed by atoms with E-state index in [1.807, 2.05) is 0 Å². The van der Waals surface area contributed by atoms with E-state index in [4.69, 9.17) is 0 Å². The minimum atomic E-state index is 0.435. The maximum atomic E-state index is 2.57. The monoisotopic (exact) mass is 492 g/mol. The first kappa shape index (κ1) is 21.3. The zero-order valence-electron chi connectivity index (χ0n) is 16.0. The predicted octanol–water partition coefficient (Wildman–Crippen LogP) is 6.71. The number of hydrogen-bond donors (Lipinski definition) is 0. The molecule has 23 heavy (non-hydrogen) atoms. The van der Waals surface area contributed by atoms with Crippen molar-refractivity contribution in [3.8, 4) is 0 Å². The number of allylic oxidation sites excluding steroid dienone is 1. The van der Waals surface area contributed by atoms with Crippen molar-refractivity contribution in [1.29, 1.82) is 0 Å². The summed E-state index contributed by atoms with van der Waals surface area (Å²) >= 11 is 3.00. The predicted molar refractivity (Wildman–Crippen MR) is 116 cm³/mol. The van der Waals surface area contributed by atoms with Gasteiger partial charge in [0.15, 0.2) is 0 Å². The van der Waals surface area contributed by atoms with Crippen molar-refractivity contribution in [2.45, 2.75) is 79.6 Å². The number of hydrogen-bond acceptors (Lipinski definition) is 0. The fourth-order valence-corrected chi connectivity index (χ4v) is 6.39. The summed E-state index contributed by atoms with van der Waals surface area (Å²) in [6.45, 7) is 18.6. The average Bonchev–Trinajstić information content (AvgIpc) is 2.44. The quantitative estimate of drug-likeness (QED) is 0.294. The summed E-state index contributed by atoms with van der Waals surface area (Å²) in [6.07, 6.45) is 3.65. The van der Waals surface area contributed by atoms with E-state index in [1.165, 1.54) is 12.0 Å². The van der Waals surface area contributed by atoms with Crippen LogP contribution in [0.2, 0.25) is 0 Å². The zero-order chi connectivity index (χ0) is 17.7. The summed E-state index contributed by atoms with van der Waals surface area (Å²) in [6, 6.07) is 4.95. The van der Waals surface area contributed by atoms with Crippen LogP contribution >= 0.6 is 22.6 Å². The molecule has 1 aromatic rings. The first-order chi connectivity index (χ1) is 10.6. The Kier molecular flexibility index (Phi) is 8.90. The molecule has 0 unspecified atom stereocenters. The third-order valence-electron chi connectivity index (χ3n) is 4.03. The Hall–Kier alpha value is 0.209. The van der Waals surface area contributed by atoms with Gasteiger partial charge in [0.05, 0.1) is 0 Å². The van der Waals surface area contributed by atoms with Crippen LogP contribution in [0.3, 0.4) is 0 Å². The van der Waals surface area contributed by atoms with Crippen LogP contribution in [0, 0.1) is 5.92 Å². The SMILES string of the molecule is CC(C)C/C=C(/I)[Se]c1c(C(C)C)cc(C(C)C)cc1C(C)C. The fourth-order valence-electron chi connectivity index (χ4n) is 2.47. The zero-order valence-corrected chi connectivity index (χ0v) is 19.9. The molecule has 0 fully saturated rings. The summed E-state index contributed by atoms with van der Waals surface area (Å²) in [4.78, 5) is 0. The molecule has 0 atom stereocenters. The van der Waals surface area contributed by atoms with Gasteiger partial charge >= 0.3 is 165 Å². The Balaban J connectivity index is 3.34. The molecule has 0 aliphatic rings. The van der Waals surface area contributed by atoms with E-state index >= 15 is 0 Å². The molecule has 0 bridgehead atoms. The standard InChI is InChI=1S/C21H33ISe/c1-13(2)9-10-20(22)23-21-18(15(5)6)11-17(14(3)4)12-19(21)16(7)8/h10-16H,9H2,1-8H3/b20-10-. The van der Waals surface area contributed by atoms with Crippen LogP contribution in [0.1, 0.15) is 96.3 Å². The molecule has 0 spiro atoms. The Morgan fingerprint density at radius 1 is 0.913 bits per heavy atom. The first-order valence-electron chi connectivity index (χ1n) is 8.84. The van der Waals surface area contributed by atoms with Crippen molar-refractivity contribution in [1.82, 2.24) is 0 Å². The van der Waals surface area contributed by atoms with Gasteiger partial charge in [-0.15, -0.1) is 0 Å². The maximum absolute atomic E-state index is 2.57. The van der Waals surface area contributed by atoms with E-state index < -0.39 is 0 Å². The van der Waals surface area contributed by atoms with E-state index in [2.05, 4.69) is 96.2 Å². The van der Waals surface area contributed by atoms with E-state index in [1.54, 1.807) is 18.1 Å². The molecular weight excluding hydrogens is 458 g/mol. The normalized spacial score (nSPS) is 13.0. The molecule has 130 valence electrons. The van der Waals surface area contributed by atoms with Crippen LogP contribution in [0.25, 0.3) is 0 Å². The topological polar surface area (TPSA) is 0 Å². The van der Waals surface area contributed by atoms with Crippen LogP contribution in [-0.2, 0) is 0 Å². The van der Waals surface area contributed by atoms with Crippen LogP contribution in [0.5, 0.6) is 0 Å². The van der Waals surface area contributed by atoms with Crippen LogP contribution < -0.4 is 4.46 Å². The fraction of sp³-hybridized carbons (Fsp3) is 0.619. The summed E-state index contributed by atoms with van der Waals surface area (Å²) in [5.74, 6) is 2.53. The van der Waals surface area contributed by atoms with Gasteiger partial charge in [-0.25, -0.2) is 0 Å². The van der Waals surface area contributed by atoms with Crippen molar-refractivity contribution < 1.29 is 0 Å². The summed E-state index contributed by atoms with van der Waals surface area (Å²) in [5, 5.41) is 0. The Bertz CT molecular complexity index is 510. The Morgan fingerprint density at radius 2 is 1.39 bits per heavy atom. The van der Waals surface area contributed by atoms with E-state index in [0.29, 0.717) is 32.7 Å². The molecule has 0 radical (unpaired) electrons. The summed E-state index contributed by atoms with van der Waals surface area (Å²) < 4.78 is 3.18. The molecule has 0 heterocycles. The van der Waals surface area contributed by atoms with Gasteiger partial charge in [-0.1, -0.05) is 0 Å². The number of rotatable bonds is 7. The van der Waals surface area contributed by atoms with Crippen LogP contribution in [0.4, 0.5) is 0 Å². The van der Waals surface area contributed by atoms with Gasteiger partial charge < -0.3 is 0 Å². The van der Waals surface area contributed by atoms with Gasteiger partial charge in [0.2, 0.25) is 0 Å². The molecular formula is C21H33ISe. The third-order valence-corrected chi connectivity index (χ3v) is 7.79. The average molecular weight is 491 g/mol. The van der Waals surface area contributed by atoms with Gasteiger partial charge in [0, 0.05) is 0 Å². The molecule has 0 aliphatic carbocycles. The van der Waals surface area contributed by atoms with Crippen molar-refractivity contribution in [3.05, 3.63) is 37.4 Å². The van der Waals surface area contributed by atoms with Gasteiger partial charge in [-0.05, 0) is 0 Å². The molecule has 0 saturated heterocycles. The second-order valence-electron chi connectivity index (χ2n) is 7.73. The molecule has 0 aliphatic heterocycles. The van der Waals surface area contributed by atoms with Crippen LogP contribution in [0.15, 0.2) is 20.7 Å². The Labute approximate surface area is 164 Å². The van der Waals surface area contributed by atoms with Crippen molar-refractivity contribution in [3.63, 3.8) is 0 Å². The minimum absolute atomic E-state index is 0.435. The second kappa shape index (κ2) is 9.63. The van der Waals surface area contributed by atoms with Gasteiger partial charge in [0.1, 0.15) is 0 Å². The van der Waals surface area contributed by atoms with Gasteiger partial charge in [-0.2, -0.15) is 0 Å². The Morgan fingerprint density at radius 3 is 1.74 bits per heavy atom. The molecule has 1 rings (SSSR count). The van der Waals surface area contributed by atoms with E-state index in [0.717, 1.165) is 5.92 Å². The molecule has 0 N–H and O–H groups in total. The van der Waals surface area contributed by atoms with Crippen molar-refractivity contribution in [2.24, 2.45) is 5.92 Å². The second-order valence-corrected chi connectivity index (χ2v) is 12.7. The molecule has 0 nitrogen and oxygen atoms in total. The molecule has 0 saturated carbocycles. The molecule has 1 aromatic carbocycles. The molecule has 2 heteroatoms. The van der Waals surface area contributed by atoms with Gasteiger partial charge in [0.25, 0.3) is 0 Å². The van der Waals surface area contributed by atoms with E-state index in [-0.39, 0.29) is 0 Å². The van der Waals surface area contributed by atoms with Crippen LogP contribution in [-0.4, -0.2) is 15.0 Å². The van der Waals surface area contributed by atoms with Gasteiger partial charge in [-0.3, -0.25) is 0 Å². The van der Waals surface area contributed by atoms with Crippen molar-refractivity contribution in [2.75, 3.05) is 0 Å². The molecule has 0 aromatic heterocycles. The van der Waals surface area contributed by atoms with E-state index in [9.17, 15) is 0 Å². The molecule has 0 amide bonds. The van der Waals surface area contributed by atoms with Crippen molar-refractivity contribution >= 4 is 42.0 Å². The number of halogens is 1.